The van der Waals surface area contributed by atoms with Gasteiger partial charge in [0, 0.05) is 18.1 Å². The summed E-state index contributed by atoms with van der Waals surface area (Å²) in [6.45, 7) is 9.38. The van der Waals surface area contributed by atoms with Crippen molar-refractivity contribution in [3.63, 3.8) is 0 Å². The molecule has 0 fully saturated rings. The molecule has 3 heterocycles. The van der Waals surface area contributed by atoms with Crippen LogP contribution in [0.25, 0.3) is 6.08 Å². The number of aryl methyl sites for hydroxylation is 1. The van der Waals surface area contributed by atoms with E-state index in [9.17, 15) is 4.79 Å². The number of halogens is 1. The molecule has 7 nitrogen and oxygen atoms in total. The molecule has 2 aromatic rings. The Morgan fingerprint density at radius 2 is 1.80 bits per heavy atom. The number of benzene rings is 2. The molecule has 5 rings (SSSR count). The summed E-state index contributed by atoms with van der Waals surface area (Å²) in [5, 5.41) is 6.96. The maximum Gasteiger partial charge on any atom is 0.376 e. The van der Waals surface area contributed by atoms with Crippen LogP contribution in [0.2, 0.25) is 5.02 Å². The van der Waals surface area contributed by atoms with Crippen LogP contribution in [0, 0.1) is 6.92 Å². The van der Waals surface area contributed by atoms with Crippen LogP contribution in [-0.4, -0.2) is 60.4 Å². The second kappa shape index (κ2) is 9.68. The van der Waals surface area contributed by atoms with Gasteiger partial charge >= 0.3 is 5.97 Å². The maximum atomic E-state index is 12.8. The van der Waals surface area contributed by atoms with Gasteiger partial charge in [0.2, 0.25) is 11.8 Å². The maximum absolute atomic E-state index is 12.8. The predicted molar refractivity (Wildman–Crippen MR) is 140 cm³/mol. The van der Waals surface area contributed by atoms with Crippen LogP contribution in [-0.2, 0) is 9.53 Å². The van der Waals surface area contributed by atoms with E-state index in [-0.39, 0.29) is 12.4 Å². The minimum Gasteiger partial charge on any atom is -0.460 e. The average molecular weight is 490 g/mol. The number of guanidine groups is 1. The Morgan fingerprint density at radius 3 is 2.49 bits per heavy atom. The fraction of sp³-hybridized carbons (Fsp3) is 0.296. The van der Waals surface area contributed by atoms with Crippen molar-refractivity contribution in [2.24, 2.45) is 10.1 Å². The first-order chi connectivity index (χ1) is 17.0. The standard InChI is InChI=1S/C27H28ClN5O2/c1-4-31-15-20(14-19-8-6-18(3)7-9-19)24-21(16-31)17-32-25(26(34)35-5-2)30-33(27(32)29-24)23-12-10-22(28)11-13-23/h6-14H,4-5,15-17H2,1-3H3/b20-14+. The van der Waals surface area contributed by atoms with Crippen molar-refractivity contribution < 1.29 is 9.53 Å². The highest BCUT2D eigenvalue weighted by molar-refractivity contribution is 6.41. The van der Waals surface area contributed by atoms with Gasteiger partial charge in [0.05, 0.1) is 24.5 Å². The summed E-state index contributed by atoms with van der Waals surface area (Å²) in [6, 6.07) is 15.8. The number of esters is 1. The summed E-state index contributed by atoms with van der Waals surface area (Å²) in [5.41, 5.74) is 6.44. The fourth-order valence-corrected chi connectivity index (χ4v) is 4.60. The molecule has 0 atom stereocenters. The lowest BCUT2D eigenvalue weighted by Gasteiger charge is -2.36. The number of likely N-dealkylation sites (N-methyl/N-ethyl adjacent to an activating group) is 1. The molecule has 0 saturated heterocycles. The van der Waals surface area contributed by atoms with Gasteiger partial charge in [-0.3, -0.25) is 9.80 Å². The molecule has 8 heteroatoms. The molecule has 0 aromatic heterocycles. The lowest BCUT2D eigenvalue weighted by Crippen LogP contribution is -2.47. The third kappa shape index (κ3) is 4.61. The molecule has 0 aliphatic carbocycles. The van der Waals surface area contributed by atoms with Crippen LogP contribution >= 0.6 is 11.6 Å². The van der Waals surface area contributed by atoms with Gasteiger partial charge in [0.25, 0.3) is 0 Å². The molecule has 0 radical (unpaired) electrons. The molecular formula is C27H28ClN5O2. The molecule has 2 aromatic carbocycles. The van der Waals surface area contributed by atoms with Gasteiger partial charge in [-0.2, -0.15) is 5.01 Å². The third-order valence-electron chi connectivity index (χ3n) is 6.28. The number of carbonyl (C=O) groups is 1. The van der Waals surface area contributed by atoms with E-state index in [1.165, 1.54) is 5.56 Å². The zero-order chi connectivity index (χ0) is 24.5. The molecule has 180 valence electrons. The van der Waals surface area contributed by atoms with Crippen molar-refractivity contribution in [2.45, 2.75) is 20.8 Å². The van der Waals surface area contributed by atoms with Gasteiger partial charge < -0.3 is 4.74 Å². The van der Waals surface area contributed by atoms with Crippen molar-refractivity contribution in [2.75, 3.05) is 37.8 Å². The minimum absolute atomic E-state index is 0.241. The van der Waals surface area contributed by atoms with Crippen molar-refractivity contribution >= 4 is 41.1 Å². The van der Waals surface area contributed by atoms with E-state index in [4.69, 9.17) is 21.3 Å². The normalized spacial score (nSPS) is 18.9. The molecule has 0 spiro atoms. The second-order valence-electron chi connectivity index (χ2n) is 8.77. The topological polar surface area (TPSA) is 60.7 Å². The SMILES string of the molecule is CCOC(=O)C1=NN(c2ccc(Cl)cc2)C2=NC3=C(CN(CC)C/C3=C\c3ccc(C)cc3)CN12. The van der Waals surface area contributed by atoms with Crippen molar-refractivity contribution in [1.29, 1.82) is 0 Å². The van der Waals surface area contributed by atoms with Gasteiger partial charge in [0.15, 0.2) is 0 Å². The van der Waals surface area contributed by atoms with Gasteiger partial charge in [-0.15, -0.1) is 5.10 Å². The Morgan fingerprint density at radius 1 is 1.06 bits per heavy atom. The Hall–Kier alpha value is -3.42. The van der Waals surface area contributed by atoms with Crippen molar-refractivity contribution in [3.8, 4) is 0 Å². The number of aliphatic imine (C=N–C) groups is 1. The number of anilines is 1. The summed E-state index contributed by atoms with van der Waals surface area (Å²) in [7, 11) is 0. The van der Waals surface area contributed by atoms with E-state index in [0.717, 1.165) is 47.7 Å². The van der Waals surface area contributed by atoms with E-state index < -0.39 is 5.97 Å². The zero-order valence-electron chi connectivity index (χ0n) is 20.2. The van der Waals surface area contributed by atoms with Gasteiger partial charge in [0.1, 0.15) is 0 Å². The first-order valence-electron chi connectivity index (χ1n) is 11.9. The highest BCUT2D eigenvalue weighted by Gasteiger charge is 2.41. The van der Waals surface area contributed by atoms with Crippen molar-refractivity contribution in [3.05, 3.63) is 81.5 Å². The first-order valence-corrected chi connectivity index (χ1v) is 12.2. The van der Waals surface area contributed by atoms with E-state index in [1.807, 2.05) is 17.0 Å². The average Bonchev–Trinajstić information content (AvgIpc) is 3.23. The second-order valence-corrected chi connectivity index (χ2v) is 9.20. The molecular weight excluding hydrogens is 462 g/mol. The van der Waals surface area contributed by atoms with Gasteiger partial charge in [-0.25, -0.2) is 9.79 Å². The first kappa shape index (κ1) is 23.3. The van der Waals surface area contributed by atoms with Crippen LogP contribution in [0.1, 0.15) is 25.0 Å². The molecule has 0 unspecified atom stereocenters. The number of rotatable bonds is 5. The number of nitrogens with zero attached hydrogens (tertiary/aromatic N) is 5. The van der Waals surface area contributed by atoms with Gasteiger partial charge in [-0.05, 0) is 67.4 Å². The third-order valence-corrected chi connectivity index (χ3v) is 6.54. The summed E-state index contributed by atoms with van der Waals surface area (Å²) in [6.07, 6.45) is 2.21. The van der Waals surface area contributed by atoms with Crippen molar-refractivity contribution in [1.82, 2.24) is 9.80 Å². The van der Waals surface area contributed by atoms with Crippen LogP contribution in [0.3, 0.4) is 0 Å². The highest BCUT2D eigenvalue weighted by Crippen LogP contribution is 2.34. The van der Waals surface area contributed by atoms with Crippen LogP contribution in [0.4, 0.5) is 5.69 Å². The number of hydrogen-bond donors (Lipinski definition) is 0. The molecule has 0 bridgehead atoms. The largest absolute Gasteiger partial charge is 0.460 e. The molecule has 3 aliphatic heterocycles. The number of hydrazone groups is 1. The van der Waals surface area contributed by atoms with Crippen LogP contribution in [0.5, 0.6) is 0 Å². The lowest BCUT2D eigenvalue weighted by molar-refractivity contribution is -0.135. The summed E-state index contributed by atoms with van der Waals surface area (Å²) >= 11 is 6.11. The zero-order valence-corrected chi connectivity index (χ0v) is 20.9. The molecule has 0 amide bonds. The van der Waals surface area contributed by atoms with Crippen LogP contribution < -0.4 is 5.01 Å². The quantitative estimate of drug-likeness (QED) is 0.570. The number of amidine groups is 1. The molecule has 0 saturated carbocycles. The molecule has 0 N–H and O–H groups in total. The minimum atomic E-state index is -0.459. The van der Waals surface area contributed by atoms with Gasteiger partial charge in [-0.1, -0.05) is 48.4 Å². The summed E-state index contributed by atoms with van der Waals surface area (Å²) in [4.78, 5) is 22.1. The van der Waals surface area contributed by atoms with E-state index >= 15 is 0 Å². The smallest absolute Gasteiger partial charge is 0.376 e. The number of carbonyl (C=O) groups excluding carboxylic acids is 1. The fourth-order valence-electron chi connectivity index (χ4n) is 4.47. The van der Waals surface area contributed by atoms with E-state index in [0.29, 0.717) is 17.5 Å². The summed E-state index contributed by atoms with van der Waals surface area (Å²) in [5.74, 6) is 0.373. The molecule has 3 aliphatic rings. The predicted octanol–water partition coefficient (Wildman–Crippen LogP) is 4.69. The Balaban J connectivity index is 1.59. The van der Waals surface area contributed by atoms with Crippen LogP contribution in [0.15, 0.2) is 75.5 Å². The highest BCUT2D eigenvalue weighted by atomic mass is 35.5. The number of fused-ring (bicyclic) bond motifs is 1. The van der Waals surface area contributed by atoms with E-state index in [1.54, 1.807) is 24.1 Å². The molecule has 35 heavy (non-hydrogen) atoms. The Labute approximate surface area is 210 Å². The Bertz CT molecular complexity index is 1260. The van der Waals surface area contributed by atoms with E-state index in [2.05, 4.69) is 54.2 Å². The Kier molecular flexibility index (Phi) is 6.45. The lowest BCUT2D eigenvalue weighted by atomic mass is 9.97. The number of ether oxygens (including phenoxy) is 1. The summed E-state index contributed by atoms with van der Waals surface area (Å²) < 4.78 is 5.31. The number of hydrogen-bond acceptors (Lipinski definition) is 7. The monoisotopic (exact) mass is 489 g/mol.